The van der Waals surface area contributed by atoms with Crippen LogP contribution in [0, 0.1) is 17.7 Å². The van der Waals surface area contributed by atoms with Crippen molar-refractivity contribution in [2.75, 3.05) is 6.54 Å². The van der Waals surface area contributed by atoms with Gasteiger partial charge in [-0.2, -0.15) is 0 Å². The third kappa shape index (κ3) is 7.64. The Balaban J connectivity index is 2.58. The number of benzene rings is 1. The van der Waals surface area contributed by atoms with Crippen LogP contribution in [0.15, 0.2) is 24.3 Å². The Kier molecular flexibility index (Phi) is 6.67. The maximum atomic E-state index is 13.0. The van der Waals surface area contributed by atoms with Gasteiger partial charge in [0.1, 0.15) is 5.82 Å². The van der Waals surface area contributed by atoms with Crippen LogP contribution in [0.5, 0.6) is 0 Å². The lowest BCUT2D eigenvalue weighted by atomic mass is 9.91. The quantitative estimate of drug-likeness (QED) is 0.755. The van der Waals surface area contributed by atoms with Gasteiger partial charge in [-0.05, 0) is 69.7 Å². The normalized spacial score (nSPS) is 13.8. The molecule has 0 saturated carbocycles. The molecule has 1 rings (SSSR count). The van der Waals surface area contributed by atoms with Crippen LogP contribution < -0.4 is 5.32 Å². The van der Waals surface area contributed by atoms with Crippen molar-refractivity contribution in [3.8, 4) is 0 Å². The summed E-state index contributed by atoms with van der Waals surface area (Å²) in [4.78, 5) is 0. The van der Waals surface area contributed by atoms with Crippen molar-refractivity contribution >= 4 is 0 Å². The first kappa shape index (κ1) is 17.2. The van der Waals surface area contributed by atoms with Gasteiger partial charge in [-0.1, -0.05) is 32.4 Å². The molecule has 1 aromatic rings. The number of hydrogen-bond acceptors (Lipinski definition) is 1. The van der Waals surface area contributed by atoms with Crippen molar-refractivity contribution in [3.63, 3.8) is 0 Å². The second-order valence-electron chi connectivity index (χ2n) is 7.30. The summed E-state index contributed by atoms with van der Waals surface area (Å²) in [6.07, 6.45) is 3.49. The Morgan fingerprint density at radius 2 is 1.65 bits per heavy atom. The zero-order chi connectivity index (χ0) is 15.2. The zero-order valence-electron chi connectivity index (χ0n) is 13.7. The first-order valence-electron chi connectivity index (χ1n) is 7.76. The molecule has 0 bridgehead atoms. The third-order valence-corrected chi connectivity index (χ3v) is 3.51. The predicted molar refractivity (Wildman–Crippen MR) is 85.4 cm³/mol. The summed E-state index contributed by atoms with van der Waals surface area (Å²) in [5.74, 6) is 1.20. The van der Waals surface area contributed by atoms with Crippen LogP contribution in [0.2, 0.25) is 0 Å². The summed E-state index contributed by atoms with van der Waals surface area (Å²) >= 11 is 0. The van der Waals surface area contributed by atoms with Crippen molar-refractivity contribution in [1.82, 2.24) is 5.32 Å². The van der Waals surface area contributed by atoms with Gasteiger partial charge in [0.25, 0.3) is 0 Å². The Morgan fingerprint density at radius 3 is 2.15 bits per heavy atom. The van der Waals surface area contributed by atoms with Crippen molar-refractivity contribution in [2.24, 2.45) is 11.8 Å². The van der Waals surface area contributed by atoms with E-state index in [1.165, 1.54) is 18.4 Å². The Morgan fingerprint density at radius 1 is 1.05 bits per heavy atom. The van der Waals surface area contributed by atoms with Gasteiger partial charge in [0.05, 0.1) is 0 Å². The molecule has 0 aliphatic carbocycles. The van der Waals surface area contributed by atoms with Crippen LogP contribution in [0.4, 0.5) is 4.39 Å². The molecular formula is C18H30FN. The first-order chi connectivity index (χ1) is 9.26. The van der Waals surface area contributed by atoms with E-state index in [4.69, 9.17) is 0 Å². The molecule has 1 atom stereocenters. The van der Waals surface area contributed by atoms with Gasteiger partial charge in [0.2, 0.25) is 0 Å². The van der Waals surface area contributed by atoms with Gasteiger partial charge < -0.3 is 5.32 Å². The molecule has 0 aromatic heterocycles. The van der Waals surface area contributed by atoms with Gasteiger partial charge in [-0.25, -0.2) is 4.39 Å². The minimum Gasteiger partial charge on any atom is -0.312 e. The van der Waals surface area contributed by atoms with E-state index in [0.29, 0.717) is 5.92 Å². The van der Waals surface area contributed by atoms with Crippen molar-refractivity contribution in [1.29, 1.82) is 0 Å². The fraction of sp³-hybridized carbons (Fsp3) is 0.667. The molecule has 0 aliphatic heterocycles. The van der Waals surface area contributed by atoms with E-state index in [1.54, 1.807) is 12.1 Å². The lowest BCUT2D eigenvalue weighted by molar-refractivity contribution is 0.340. The van der Waals surface area contributed by atoms with Crippen LogP contribution in [-0.4, -0.2) is 12.1 Å². The average molecular weight is 279 g/mol. The standard InChI is InChI=1S/C18H30FN/c1-14(2)6-7-16(13-20-18(3,4)5)12-15-8-10-17(19)11-9-15/h8-11,14,16,20H,6-7,12-13H2,1-5H3. The van der Waals surface area contributed by atoms with Crippen LogP contribution >= 0.6 is 0 Å². The second-order valence-corrected chi connectivity index (χ2v) is 7.30. The largest absolute Gasteiger partial charge is 0.312 e. The highest BCUT2D eigenvalue weighted by atomic mass is 19.1. The highest BCUT2D eigenvalue weighted by Crippen LogP contribution is 2.18. The number of halogens is 1. The van der Waals surface area contributed by atoms with Crippen LogP contribution in [0.25, 0.3) is 0 Å². The second kappa shape index (κ2) is 7.78. The maximum absolute atomic E-state index is 13.0. The lowest BCUT2D eigenvalue weighted by Gasteiger charge is -2.26. The van der Waals surface area contributed by atoms with Gasteiger partial charge in [0.15, 0.2) is 0 Å². The Labute approximate surface area is 124 Å². The summed E-state index contributed by atoms with van der Waals surface area (Å²) in [6.45, 7) is 12.2. The molecule has 114 valence electrons. The molecular weight excluding hydrogens is 249 g/mol. The monoisotopic (exact) mass is 279 g/mol. The highest BCUT2D eigenvalue weighted by molar-refractivity contribution is 5.16. The van der Waals surface area contributed by atoms with E-state index in [-0.39, 0.29) is 11.4 Å². The molecule has 0 fully saturated rings. The topological polar surface area (TPSA) is 12.0 Å². The number of nitrogens with one attached hydrogen (secondary N) is 1. The predicted octanol–water partition coefficient (Wildman–Crippen LogP) is 4.81. The smallest absolute Gasteiger partial charge is 0.123 e. The fourth-order valence-electron chi connectivity index (χ4n) is 2.25. The van der Waals surface area contributed by atoms with E-state index in [2.05, 4.69) is 39.9 Å². The molecule has 1 unspecified atom stereocenters. The molecule has 0 heterocycles. The third-order valence-electron chi connectivity index (χ3n) is 3.51. The molecule has 0 aliphatic rings. The molecule has 1 nitrogen and oxygen atoms in total. The summed E-state index contributed by atoms with van der Waals surface area (Å²) in [5, 5.41) is 3.60. The average Bonchev–Trinajstić information content (AvgIpc) is 2.34. The summed E-state index contributed by atoms with van der Waals surface area (Å²) in [7, 11) is 0. The van der Waals surface area contributed by atoms with Crippen molar-refractivity contribution in [3.05, 3.63) is 35.6 Å². The van der Waals surface area contributed by atoms with Gasteiger partial charge in [0, 0.05) is 5.54 Å². The van der Waals surface area contributed by atoms with E-state index < -0.39 is 0 Å². The molecule has 20 heavy (non-hydrogen) atoms. The highest BCUT2D eigenvalue weighted by Gasteiger charge is 2.15. The van der Waals surface area contributed by atoms with Gasteiger partial charge in [-0.15, -0.1) is 0 Å². The minimum absolute atomic E-state index is 0.152. The summed E-state index contributed by atoms with van der Waals surface area (Å²) in [5.41, 5.74) is 1.38. The molecule has 0 saturated heterocycles. The minimum atomic E-state index is -0.153. The molecule has 0 amide bonds. The summed E-state index contributed by atoms with van der Waals surface area (Å²) in [6, 6.07) is 6.95. The SMILES string of the molecule is CC(C)CCC(CNC(C)(C)C)Cc1ccc(F)cc1. The lowest BCUT2D eigenvalue weighted by Crippen LogP contribution is -2.39. The van der Waals surface area contributed by atoms with Crippen molar-refractivity contribution < 1.29 is 4.39 Å². The van der Waals surface area contributed by atoms with Crippen LogP contribution in [0.1, 0.15) is 53.0 Å². The van der Waals surface area contributed by atoms with E-state index in [0.717, 1.165) is 18.9 Å². The molecule has 0 spiro atoms. The molecule has 0 radical (unpaired) electrons. The molecule has 1 N–H and O–H groups in total. The fourth-order valence-corrected chi connectivity index (χ4v) is 2.25. The molecule has 1 aromatic carbocycles. The maximum Gasteiger partial charge on any atom is 0.123 e. The van der Waals surface area contributed by atoms with Crippen LogP contribution in [-0.2, 0) is 6.42 Å². The Bertz CT molecular complexity index is 375. The number of hydrogen-bond donors (Lipinski definition) is 1. The van der Waals surface area contributed by atoms with E-state index in [1.807, 2.05) is 12.1 Å². The van der Waals surface area contributed by atoms with E-state index in [9.17, 15) is 4.39 Å². The first-order valence-corrected chi connectivity index (χ1v) is 7.76. The van der Waals surface area contributed by atoms with Gasteiger partial charge >= 0.3 is 0 Å². The number of rotatable bonds is 7. The zero-order valence-corrected chi connectivity index (χ0v) is 13.7. The van der Waals surface area contributed by atoms with Crippen molar-refractivity contribution in [2.45, 2.75) is 59.4 Å². The Hall–Kier alpha value is -0.890. The molecule has 2 heteroatoms. The van der Waals surface area contributed by atoms with E-state index >= 15 is 0 Å². The summed E-state index contributed by atoms with van der Waals surface area (Å²) < 4.78 is 13.0. The van der Waals surface area contributed by atoms with Crippen LogP contribution in [0.3, 0.4) is 0 Å². The van der Waals surface area contributed by atoms with Gasteiger partial charge in [-0.3, -0.25) is 0 Å².